The van der Waals surface area contributed by atoms with E-state index in [9.17, 15) is 0 Å². The summed E-state index contributed by atoms with van der Waals surface area (Å²) in [6, 6.07) is 0. The molecule has 16 heavy (non-hydrogen) atoms. The summed E-state index contributed by atoms with van der Waals surface area (Å²) in [4.78, 5) is 0. The SMILES string of the molecule is CCC=[C](OC)[Ge]([CH2]CC)([CH2]CC)[CH2]CC. The van der Waals surface area contributed by atoms with Gasteiger partial charge in [0.1, 0.15) is 0 Å². The second kappa shape index (κ2) is 9.15. The van der Waals surface area contributed by atoms with E-state index >= 15 is 0 Å². The third-order valence-electron chi connectivity index (χ3n) is 3.32. The molecule has 0 bridgehead atoms. The van der Waals surface area contributed by atoms with Gasteiger partial charge < -0.3 is 0 Å². The molecule has 0 fully saturated rings. The molecule has 0 aliphatic heterocycles. The number of methoxy groups -OCH3 is 1. The van der Waals surface area contributed by atoms with Gasteiger partial charge in [-0.15, -0.1) is 0 Å². The van der Waals surface area contributed by atoms with E-state index in [0.717, 1.165) is 6.42 Å². The molecule has 0 unspecified atom stereocenters. The van der Waals surface area contributed by atoms with Crippen molar-refractivity contribution >= 4 is 13.3 Å². The molecule has 2 heteroatoms. The van der Waals surface area contributed by atoms with Crippen molar-refractivity contribution < 1.29 is 4.74 Å². The monoisotopic (exact) mass is 288 g/mol. The van der Waals surface area contributed by atoms with Crippen LogP contribution in [0.3, 0.4) is 0 Å². The van der Waals surface area contributed by atoms with Gasteiger partial charge in [0.05, 0.1) is 0 Å². The maximum atomic E-state index is 5.76. The van der Waals surface area contributed by atoms with E-state index in [4.69, 9.17) is 4.74 Å². The van der Waals surface area contributed by atoms with Gasteiger partial charge in [0, 0.05) is 0 Å². The summed E-state index contributed by atoms with van der Waals surface area (Å²) >= 11 is -1.87. The third kappa shape index (κ3) is 4.52. The molecular formula is C14H30GeO. The van der Waals surface area contributed by atoms with Gasteiger partial charge >= 0.3 is 105 Å². The van der Waals surface area contributed by atoms with E-state index in [1.54, 1.807) is 0 Å². The summed E-state index contributed by atoms with van der Waals surface area (Å²) in [5, 5.41) is 4.34. The summed E-state index contributed by atoms with van der Waals surface area (Å²) in [5.41, 5.74) is 0. The summed E-state index contributed by atoms with van der Waals surface area (Å²) in [6.45, 7) is 9.19. The van der Waals surface area contributed by atoms with Crippen LogP contribution in [0.15, 0.2) is 10.7 Å². The van der Waals surface area contributed by atoms with Gasteiger partial charge in [0.15, 0.2) is 0 Å². The average molecular weight is 287 g/mol. The van der Waals surface area contributed by atoms with Crippen LogP contribution in [0.1, 0.15) is 53.4 Å². The van der Waals surface area contributed by atoms with Gasteiger partial charge in [-0.3, -0.25) is 0 Å². The first-order valence-corrected chi connectivity index (χ1v) is 12.4. The predicted octanol–water partition coefficient (Wildman–Crippen LogP) is 5.14. The van der Waals surface area contributed by atoms with Gasteiger partial charge in [0.25, 0.3) is 0 Å². The fourth-order valence-corrected chi connectivity index (χ4v) is 14.3. The van der Waals surface area contributed by atoms with Gasteiger partial charge in [0.2, 0.25) is 0 Å². The van der Waals surface area contributed by atoms with Crippen molar-refractivity contribution in [2.24, 2.45) is 0 Å². The first-order valence-electron chi connectivity index (χ1n) is 6.95. The van der Waals surface area contributed by atoms with Crippen LogP contribution in [-0.2, 0) is 4.74 Å². The van der Waals surface area contributed by atoms with E-state index < -0.39 is 13.3 Å². The molecule has 0 aromatic carbocycles. The van der Waals surface area contributed by atoms with Crippen molar-refractivity contribution in [1.82, 2.24) is 0 Å². The minimum absolute atomic E-state index is 1.12. The molecule has 0 aromatic heterocycles. The number of hydrogen-bond donors (Lipinski definition) is 0. The Morgan fingerprint density at radius 1 is 0.938 bits per heavy atom. The Morgan fingerprint density at radius 2 is 1.38 bits per heavy atom. The summed E-state index contributed by atoms with van der Waals surface area (Å²) < 4.78 is 7.18. The summed E-state index contributed by atoms with van der Waals surface area (Å²) in [5.74, 6) is 0. The molecule has 0 saturated carbocycles. The molecule has 0 amide bonds. The van der Waals surface area contributed by atoms with E-state index in [2.05, 4.69) is 33.8 Å². The molecule has 0 aliphatic rings. The number of rotatable bonds is 9. The van der Waals surface area contributed by atoms with E-state index in [1.165, 1.54) is 39.6 Å². The Labute approximate surface area is 105 Å². The van der Waals surface area contributed by atoms with Crippen LogP contribution in [0.25, 0.3) is 0 Å². The van der Waals surface area contributed by atoms with E-state index in [-0.39, 0.29) is 0 Å². The van der Waals surface area contributed by atoms with Gasteiger partial charge in [-0.25, -0.2) is 0 Å². The fraction of sp³-hybridized carbons (Fsp3) is 0.857. The van der Waals surface area contributed by atoms with Crippen LogP contribution in [0.4, 0.5) is 0 Å². The van der Waals surface area contributed by atoms with Crippen molar-refractivity contribution in [3.8, 4) is 0 Å². The molecule has 0 saturated heterocycles. The molecule has 0 spiro atoms. The molecule has 96 valence electrons. The number of ether oxygens (including phenoxy) is 1. The fourth-order valence-electron chi connectivity index (χ4n) is 2.88. The Kier molecular flexibility index (Phi) is 9.20. The van der Waals surface area contributed by atoms with Crippen LogP contribution < -0.4 is 0 Å². The van der Waals surface area contributed by atoms with E-state index in [0.29, 0.717) is 0 Å². The molecule has 0 heterocycles. The molecular weight excluding hydrogens is 257 g/mol. The molecule has 0 rings (SSSR count). The first kappa shape index (κ1) is 16.1. The van der Waals surface area contributed by atoms with Crippen molar-refractivity contribution in [1.29, 1.82) is 0 Å². The first-order chi connectivity index (χ1) is 7.70. The second-order valence-electron chi connectivity index (χ2n) is 4.71. The van der Waals surface area contributed by atoms with Crippen LogP contribution in [0, 0.1) is 0 Å². The van der Waals surface area contributed by atoms with Gasteiger partial charge in [-0.1, -0.05) is 0 Å². The summed E-state index contributed by atoms with van der Waals surface area (Å²) in [7, 11) is 1.88. The van der Waals surface area contributed by atoms with Gasteiger partial charge in [-0.05, 0) is 0 Å². The Hall–Kier alpha value is 0.0829. The predicted molar refractivity (Wildman–Crippen MR) is 76.4 cm³/mol. The Bertz CT molecular complexity index is 182. The average Bonchev–Trinajstić information content (AvgIpc) is 2.26. The van der Waals surface area contributed by atoms with Crippen LogP contribution in [0.2, 0.25) is 15.8 Å². The molecule has 0 aromatic rings. The van der Waals surface area contributed by atoms with Crippen molar-refractivity contribution in [3.63, 3.8) is 0 Å². The van der Waals surface area contributed by atoms with E-state index in [1.807, 2.05) is 7.11 Å². The van der Waals surface area contributed by atoms with Crippen molar-refractivity contribution in [2.45, 2.75) is 69.1 Å². The molecule has 0 aliphatic carbocycles. The normalized spacial score (nSPS) is 12.9. The maximum absolute atomic E-state index is 5.76. The molecule has 0 N–H and O–H groups in total. The Balaban J connectivity index is 5.01. The molecule has 0 radical (unpaired) electrons. The van der Waals surface area contributed by atoms with Crippen LogP contribution in [-0.4, -0.2) is 20.4 Å². The van der Waals surface area contributed by atoms with Crippen LogP contribution in [0.5, 0.6) is 0 Å². The Morgan fingerprint density at radius 3 is 1.62 bits per heavy atom. The zero-order chi connectivity index (χ0) is 12.4. The standard InChI is InChI=1S/C14H30GeO/c1-6-10-14(16-5)15(11-7-2,12-8-3)13-9-4/h10H,6-9,11-13H2,1-5H3. The summed E-state index contributed by atoms with van der Waals surface area (Å²) in [6.07, 6.45) is 7.45. The van der Waals surface area contributed by atoms with Gasteiger partial charge in [-0.2, -0.15) is 0 Å². The zero-order valence-corrected chi connectivity index (χ0v) is 14.0. The molecule has 0 atom stereocenters. The minimum atomic E-state index is -1.87. The van der Waals surface area contributed by atoms with Crippen molar-refractivity contribution in [2.75, 3.05) is 7.11 Å². The topological polar surface area (TPSA) is 9.23 Å². The second-order valence-corrected chi connectivity index (χ2v) is 14.3. The number of hydrogen-bond acceptors (Lipinski definition) is 1. The van der Waals surface area contributed by atoms with Crippen LogP contribution >= 0.6 is 0 Å². The third-order valence-corrected chi connectivity index (χ3v) is 15.5. The quantitative estimate of drug-likeness (QED) is 0.421. The zero-order valence-electron chi connectivity index (χ0n) is 11.9. The molecule has 1 nitrogen and oxygen atoms in total. The number of allylic oxidation sites excluding steroid dienone is 1. The van der Waals surface area contributed by atoms with Crippen molar-refractivity contribution in [3.05, 3.63) is 10.7 Å².